The monoisotopic (exact) mass is 381 g/mol. The molecule has 0 atom stereocenters. The van der Waals surface area contributed by atoms with Gasteiger partial charge in [0.05, 0.1) is 29.4 Å². The number of esters is 1. The molecular weight excluding hydrogens is 358 g/mol. The number of nitrogens with one attached hydrogen (secondary N) is 1. The SMILES string of the molecule is COC(=O)CCCCNC(=O)c1cc(-c2ccc(C)cc2)nc2onc(C)c12. The van der Waals surface area contributed by atoms with Gasteiger partial charge in [0.1, 0.15) is 0 Å². The molecule has 28 heavy (non-hydrogen) atoms. The van der Waals surface area contributed by atoms with E-state index in [0.717, 1.165) is 11.1 Å². The van der Waals surface area contributed by atoms with E-state index in [1.807, 2.05) is 31.2 Å². The smallest absolute Gasteiger partial charge is 0.305 e. The molecule has 0 bridgehead atoms. The molecule has 1 aromatic carbocycles. The molecule has 2 aromatic heterocycles. The lowest BCUT2D eigenvalue weighted by molar-refractivity contribution is -0.140. The number of unbranched alkanes of at least 4 members (excludes halogenated alkanes) is 1. The number of amides is 1. The van der Waals surface area contributed by atoms with Crippen LogP contribution in [0.5, 0.6) is 0 Å². The summed E-state index contributed by atoms with van der Waals surface area (Å²) in [5.74, 6) is -0.463. The van der Waals surface area contributed by atoms with E-state index in [2.05, 4.69) is 20.2 Å². The Hall–Kier alpha value is -3.22. The molecule has 0 aliphatic carbocycles. The second kappa shape index (κ2) is 8.65. The Labute approximate surface area is 163 Å². The van der Waals surface area contributed by atoms with Gasteiger partial charge < -0.3 is 14.6 Å². The van der Waals surface area contributed by atoms with Gasteiger partial charge in [-0.15, -0.1) is 0 Å². The van der Waals surface area contributed by atoms with Crippen LogP contribution in [0.15, 0.2) is 34.9 Å². The Bertz CT molecular complexity index is 993. The number of aromatic nitrogens is 2. The molecule has 0 saturated heterocycles. The normalized spacial score (nSPS) is 10.8. The fraction of sp³-hybridized carbons (Fsp3) is 0.333. The molecule has 7 heteroatoms. The lowest BCUT2D eigenvalue weighted by Crippen LogP contribution is -2.25. The van der Waals surface area contributed by atoms with Crippen LogP contribution in [-0.2, 0) is 9.53 Å². The average Bonchev–Trinajstić information content (AvgIpc) is 3.08. The van der Waals surface area contributed by atoms with Gasteiger partial charge in [-0.05, 0) is 32.8 Å². The van der Waals surface area contributed by atoms with Crippen molar-refractivity contribution in [2.45, 2.75) is 33.1 Å². The van der Waals surface area contributed by atoms with Crippen LogP contribution in [0.25, 0.3) is 22.4 Å². The van der Waals surface area contributed by atoms with Gasteiger partial charge in [0, 0.05) is 18.5 Å². The van der Waals surface area contributed by atoms with Gasteiger partial charge in [-0.25, -0.2) is 4.98 Å². The molecule has 7 nitrogen and oxygen atoms in total. The van der Waals surface area contributed by atoms with Gasteiger partial charge in [-0.1, -0.05) is 35.0 Å². The molecule has 3 rings (SSSR count). The fourth-order valence-electron chi connectivity index (χ4n) is 2.94. The van der Waals surface area contributed by atoms with Crippen LogP contribution in [0.2, 0.25) is 0 Å². The number of carbonyl (C=O) groups is 2. The minimum Gasteiger partial charge on any atom is -0.469 e. The topological polar surface area (TPSA) is 94.3 Å². The Balaban J connectivity index is 1.80. The van der Waals surface area contributed by atoms with E-state index < -0.39 is 0 Å². The number of hydrogen-bond donors (Lipinski definition) is 1. The molecule has 146 valence electrons. The zero-order chi connectivity index (χ0) is 20.1. The van der Waals surface area contributed by atoms with Crippen molar-refractivity contribution in [1.82, 2.24) is 15.5 Å². The number of methoxy groups -OCH3 is 1. The predicted molar refractivity (Wildman–Crippen MR) is 105 cm³/mol. The van der Waals surface area contributed by atoms with Crippen LogP contribution in [0.1, 0.15) is 40.9 Å². The molecule has 0 aliphatic heterocycles. The molecule has 0 radical (unpaired) electrons. The highest BCUT2D eigenvalue weighted by molar-refractivity contribution is 6.07. The summed E-state index contributed by atoms with van der Waals surface area (Å²) < 4.78 is 9.93. The number of carbonyl (C=O) groups excluding carboxylic acids is 2. The van der Waals surface area contributed by atoms with E-state index in [0.29, 0.717) is 53.9 Å². The van der Waals surface area contributed by atoms with Gasteiger partial charge in [0.25, 0.3) is 11.6 Å². The highest BCUT2D eigenvalue weighted by Gasteiger charge is 2.19. The molecule has 1 N–H and O–H groups in total. The fourth-order valence-corrected chi connectivity index (χ4v) is 2.94. The number of pyridine rings is 1. The first-order valence-electron chi connectivity index (χ1n) is 9.18. The summed E-state index contributed by atoms with van der Waals surface area (Å²) >= 11 is 0. The summed E-state index contributed by atoms with van der Waals surface area (Å²) in [5, 5.41) is 7.47. The lowest BCUT2D eigenvalue weighted by atomic mass is 10.0. The van der Waals surface area contributed by atoms with Crippen LogP contribution in [0.4, 0.5) is 0 Å². The number of fused-ring (bicyclic) bond motifs is 1. The molecule has 1 amide bonds. The first kappa shape index (κ1) is 19.5. The minimum atomic E-state index is -0.245. The highest BCUT2D eigenvalue weighted by Crippen LogP contribution is 2.27. The number of aryl methyl sites for hydroxylation is 2. The van der Waals surface area contributed by atoms with E-state index in [4.69, 9.17) is 4.52 Å². The van der Waals surface area contributed by atoms with Crippen LogP contribution in [-0.4, -0.2) is 35.7 Å². The maximum atomic E-state index is 12.8. The standard InChI is InChI=1S/C21H23N3O4/c1-13-7-9-15(10-8-13)17-12-16(19-14(2)24-28-21(19)23-17)20(26)22-11-5-4-6-18(25)27-3/h7-10,12H,4-6,11H2,1-3H3,(H,22,26). The van der Waals surface area contributed by atoms with Crippen molar-refractivity contribution in [3.8, 4) is 11.3 Å². The van der Waals surface area contributed by atoms with E-state index in [9.17, 15) is 9.59 Å². The maximum Gasteiger partial charge on any atom is 0.305 e. The number of ether oxygens (including phenoxy) is 1. The minimum absolute atomic E-state index is 0.217. The summed E-state index contributed by atoms with van der Waals surface area (Å²) in [6, 6.07) is 9.67. The summed E-state index contributed by atoms with van der Waals surface area (Å²) in [7, 11) is 1.37. The average molecular weight is 381 g/mol. The third-order valence-electron chi connectivity index (χ3n) is 4.53. The molecule has 0 spiro atoms. The van der Waals surface area contributed by atoms with Crippen molar-refractivity contribution in [2.24, 2.45) is 0 Å². The van der Waals surface area contributed by atoms with Crippen LogP contribution in [0.3, 0.4) is 0 Å². The number of benzene rings is 1. The highest BCUT2D eigenvalue weighted by atomic mass is 16.5. The Morgan fingerprint density at radius 1 is 1.14 bits per heavy atom. The first-order valence-corrected chi connectivity index (χ1v) is 9.18. The molecule has 3 aromatic rings. The second-order valence-corrected chi connectivity index (χ2v) is 6.66. The zero-order valence-corrected chi connectivity index (χ0v) is 16.2. The summed E-state index contributed by atoms with van der Waals surface area (Å²) in [5.41, 5.74) is 4.13. The van der Waals surface area contributed by atoms with E-state index in [1.165, 1.54) is 7.11 Å². The van der Waals surface area contributed by atoms with Crippen molar-refractivity contribution >= 4 is 23.0 Å². The zero-order valence-electron chi connectivity index (χ0n) is 16.2. The number of nitrogens with zero attached hydrogens (tertiary/aromatic N) is 2. The summed E-state index contributed by atoms with van der Waals surface area (Å²) in [6.45, 7) is 4.26. The van der Waals surface area contributed by atoms with Crippen molar-refractivity contribution < 1.29 is 18.8 Å². The van der Waals surface area contributed by atoms with Crippen molar-refractivity contribution in [3.63, 3.8) is 0 Å². The van der Waals surface area contributed by atoms with Crippen LogP contribution in [0, 0.1) is 13.8 Å². The number of hydrogen-bond acceptors (Lipinski definition) is 6. The van der Waals surface area contributed by atoms with Gasteiger partial charge in [0.15, 0.2) is 0 Å². The van der Waals surface area contributed by atoms with Crippen LogP contribution >= 0.6 is 0 Å². The van der Waals surface area contributed by atoms with Gasteiger partial charge in [-0.3, -0.25) is 9.59 Å². The third kappa shape index (κ3) is 4.36. The van der Waals surface area contributed by atoms with Crippen molar-refractivity contribution in [2.75, 3.05) is 13.7 Å². The van der Waals surface area contributed by atoms with E-state index in [1.54, 1.807) is 13.0 Å². The summed E-state index contributed by atoms with van der Waals surface area (Å²) in [4.78, 5) is 28.5. The van der Waals surface area contributed by atoms with E-state index >= 15 is 0 Å². The van der Waals surface area contributed by atoms with Gasteiger partial charge in [-0.2, -0.15) is 0 Å². The quantitative estimate of drug-likeness (QED) is 0.497. The van der Waals surface area contributed by atoms with Gasteiger partial charge in [0.2, 0.25) is 0 Å². The van der Waals surface area contributed by atoms with E-state index in [-0.39, 0.29) is 11.9 Å². The Morgan fingerprint density at radius 3 is 2.61 bits per heavy atom. The second-order valence-electron chi connectivity index (χ2n) is 6.66. The molecular formula is C21H23N3O4. The Kier molecular flexibility index (Phi) is 6.03. The van der Waals surface area contributed by atoms with Crippen molar-refractivity contribution in [1.29, 1.82) is 0 Å². The summed E-state index contributed by atoms with van der Waals surface area (Å²) in [6.07, 6.45) is 1.68. The predicted octanol–water partition coefficient (Wildman–Crippen LogP) is 3.58. The van der Waals surface area contributed by atoms with Gasteiger partial charge >= 0.3 is 5.97 Å². The molecule has 0 aliphatic rings. The maximum absolute atomic E-state index is 12.8. The lowest BCUT2D eigenvalue weighted by Gasteiger charge is -2.08. The largest absolute Gasteiger partial charge is 0.469 e. The number of rotatable bonds is 7. The molecule has 2 heterocycles. The molecule has 0 saturated carbocycles. The van der Waals surface area contributed by atoms with Crippen LogP contribution < -0.4 is 5.32 Å². The first-order chi connectivity index (χ1) is 13.5. The third-order valence-corrected chi connectivity index (χ3v) is 4.53. The molecule has 0 fully saturated rings. The molecule has 0 unspecified atom stereocenters. The Morgan fingerprint density at radius 2 is 1.89 bits per heavy atom. The van der Waals surface area contributed by atoms with Crippen molar-refractivity contribution in [3.05, 3.63) is 47.2 Å².